The number of nitrogens with zero attached hydrogens (tertiary/aromatic N) is 4. The number of halogens is 3. The Hall–Kier alpha value is -3.28. The number of carbonyl (C=O) groups excluding carboxylic acids is 1. The maximum Gasteiger partial charge on any atom is 0.322 e. The predicted octanol–water partition coefficient (Wildman–Crippen LogP) is 2.72. The van der Waals surface area contributed by atoms with Crippen molar-refractivity contribution in [3.63, 3.8) is 0 Å². The molecule has 1 fully saturated rings. The van der Waals surface area contributed by atoms with Crippen LogP contribution in [0.25, 0.3) is 0 Å². The Labute approximate surface area is 147 Å². The first-order chi connectivity index (χ1) is 12.5. The standard InChI is InChI=1S/C17H14F3N5O/c18-12-2-3-13(16(20)15(12)19)23-17(26)25-7-5-24(6-8-25)14-4-1-11(9-21)10-22-14/h1-4,10H,5-8H2,(H,23,26). The summed E-state index contributed by atoms with van der Waals surface area (Å²) in [5.41, 5.74) is 0.0467. The lowest BCUT2D eigenvalue weighted by atomic mass is 10.2. The van der Waals surface area contributed by atoms with Gasteiger partial charge in [-0.15, -0.1) is 0 Å². The van der Waals surface area contributed by atoms with Crippen LogP contribution in [0, 0.1) is 28.8 Å². The molecule has 1 aliphatic rings. The fourth-order valence-electron chi connectivity index (χ4n) is 2.59. The van der Waals surface area contributed by atoms with Gasteiger partial charge in [-0.05, 0) is 24.3 Å². The summed E-state index contributed by atoms with van der Waals surface area (Å²) in [5.74, 6) is -3.68. The summed E-state index contributed by atoms with van der Waals surface area (Å²) >= 11 is 0. The molecule has 1 saturated heterocycles. The number of carbonyl (C=O) groups is 1. The van der Waals surface area contributed by atoms with Gasteiger partial charge in [0.05, 0.1) is 11.3 Å². The van der Waals surface area contributed by atoms with Gasteiger partial charge >= 0.3 is 6.03 Å². The summed E-state index contributed by atoms with van der Waals surface area (Å²) < 4.78 is 39.8. The van der Waals surface area contributed by atoms with Gasteiger partial charge in [0.2, 0.25) is 0 Å². The predicted molar refractivity (Wildman–Crippen MR) is 88.1 cm³/mol. The van der Waals surface area contributed by atoms with Crippen molar-refractivity contribution in [1.82, 2.24) is 9.88 Å². The Kier molecular flexibility index (Phi) is 4.93. The highest BCUT2D eigenvalue weighted by molar-refractivity contribution is 5.89. The Morgan fingerprint density at radius 1 is 1.08 bits per heavy atom. The van der Waals surface area contributed by atoms with Crippen LogP contribution in [0.3, 0.4) is 0 Å². The second kappa shape index (κ2) is 7.31. The zero-order chi connectivity index (χ0) is 18.7. The molecule has 0 atom stereocenters. The van der Waals surface area contributed by atoms with Gasteiger partial charge in [0, 0.05) is 32.4 Å². The SMILES string of the molecule is N#Cc1ccc(N2CCN(C(=O)Nc3ccc(F)c(F)c3F)CC2)nc1. The maximum atomic E-state index is 13.6. The summed E-state index contributed by atoms with van der Waals surface area (Å²) in [6, 6.07) is 6.51. The molecule has 0 aliphatic carbocycles. The third-order valence-corrected chi connectivity index (χ3v) is 4.04. The van der Waals surface area contributed by atoms with E-state index in [0.29, 0.717) is 37.6 Å². The van der Waals surface area contributed by atoms with E-state index in [1.807, 2.05) is 11.0 Å². The molecular weight excluding hydrogens is 347 g/mol. The van der Waals surface area contributed by atoms with E-state index in [2.05, 4.69) is 10.3 Å². The van der Waals surface area contributed by atoms with Crippen LogP contribution in [0.4, 0.5) is 29.5 Å². The van der Waals surface area contributed by atoms with Crippen molar-refractivity contribution >= 4 is 17.5 Å². The Bertz CT molecular complexity index is 858. The number of hydrogen-bond acceptors (Lipinski definition) is 4. The lowest BCUT2D eigenvalue weighted by Gasteiger charge is -2.35. The highest BCUT2D eigenvalue weighted by atomic mass is 19.2. The van der Waals surface area contributed by atoms with Crippen LogP contribution < -0.4 is 10.2 Å². The van der Waals surface area contributed by atoms with Crippen molar-refractivity contribution in [2.24, 2.45) is 0 Å². The minimum Gasteiger partial charge on any atom is -0.353 e. The molecule has 0 bridgehead atoms. The normalized spacial score (nSPS) is 14.1. The lowest BCUT2D eigenvalue weighted by Crippen LogP contribution is -2.50. The van der Waals surface area contributed by atoms with Crippen molar-refractivity contribution in [3.8, 4) is 6.07 Å². The molecule has 134 valence electrons. The van der Waals surface area contributed by atoms with Crippen molar-refractivity contribution in [1.29, 1.82) is 5.26 Å². The molecule has 3 rings (SSSR count). The zero-order valence-corrected chi connectivity index (χ0v) is 13.5. The van der Waals surface area contributed by atoms with Gasteiger partial charge in [-0.25, -0.2) is 22.9 Å². The number of rotatable bonds is 2. The largest absolute Gasteiger partial charge is 0.353 e. The second-order valence-corrected chi connectivity index (χ2v) is 5.64. The van der Waals surface area contributed by atoms with E-state index in [4.69, 9.17) is 5.26 Å². The fourth-order valence-corrected chi connectivity index (χ4v) is 2.59. The number of pyridine rings is 1. The minimum absolute atomic E-state index is 0.346. The van der Waals surface area contributed by atoms with Crippen molar-refractivity contribution in [2.75, 3.05) is 36.4 Å². The van der Waals surface area contributed by atoms with Gasteiger partial charge < -0.3 is 15.1 Å². The Morgan fingerprint density at radius 3 is 2.42 bits per heavy atom. The van der Waals surface area contributed by atoms with Crippen molar-refractivity contribution in [2.45, 2.75) is 0 Å². The second-order valence-electron chi connectivity index (χ2n) is 5.64. The van der Waals surface area contributed by atoms with E-state index in [0.717, 1.165) is 12.1 Å². The number of nitrogens with one attached hydrogen (secondary N) is 1. The third-order valence-electron chi connectivity index (χ3n) is 4.04. The molecule has 1 N–H and O–H groups in total. The topological polar surface area (TPSA) is 72.3 Å². The Morgan fingerprint density at radius 2 is 1.81 bits per heavy atom. The van der Waals surface area contributed by atoms with Gasteiger partial charge in [0.1, 0.15) is 11.9 Å². The smallest absolute Gasteiger partial charge is 0.322 e. The minimum atomic E-state index is -1.63. The molecule has 0 unspecified atom stereocenters. The average molecular weight is 361 g/mol. The summed E-state index contributed by atoms with van der Waals surface area (Å²) in [6.07, 6.45) is 1.47. The Balaban J connectivity index is 1.60. The van der Waals surface area contributed by atoms with Crippen molar-refractivity contribution < 1.29 is 18.0 Å². The van der Waals surface area contributed by atoms with E-state index in [1.54, 1.807) is 12.1 Å². The van der Waals surface area contributed by atoms with Crippen LogP contribution in [0.5, 0.6) is 0 Å². The van der Waals surface area contributed by atoms with Crippen LogP contribution in [0.2, 0.25) is 0 Å². The summed E-state index contributed by atoms with van der Waals surface area (Å²) in [5, 5.41) is 11.0. The molecule has 0 radical (unpaired) electrons. The number of piperazine rings is 1. The lowest BCUT2D eigenvalue weighted by molar-refractivity contribution is 0.208. The molecule has 2 heterocycles. The number of nitriles is 1. The maximum absolute atomic E-state index is 13.6. The molecule has 26 heavy (non-hydrogen) atoms. The molecule has 0 saturated carbocycles. The molecule has 0 spiro atoms. The molecule has 2 amide bonds. The third kappa shape index (κ3) is 3.54. The van der Waals surface area contributed by atoms with Crippen LogP contribution >= 0.6 is 0 Å². The van der Waals surface area contributed by atoms with Crippen LogP contribution in [-0.4, -0.2) is 42.1 Å². The number of urea groups is 1. The van der Waals surface area contributed by atoms with Crippen LogP contribution in [-0.2, 0) is 0 Å². The number of hydrogen-bond donors (Lipinski definition) is 1. The van der Waals surface area contributed by atoms with Gasteiger partial charge in [0.25, 0.3) is 0 Å². The molecule has 2 aromatic rings. The molecule has 1 aliphatic heterocycles. The molecular formula is C17H14F3N5O. The first-order valence-corrected chi connectivity index (χ1v) is 7.80. The molecule has 1 aromatic heterocycles. The first kappa shape index (κ1) is 17.5. The number of benzene rings is 1. The first-order valence-electron chi connectivity index (χ1n) is 7.80. The van der Waals surface area contributed by atoms with Crippen molar-refractivity contribution in [3.05, 3.63) is 53.5 Å². The highest BCUT2D eigenvalue weighted by Gasteiger charge is 2.23. The van der Waals surface area contributed by atoms with E-state index < -0.39 is 29.2 Å². The van der Waals surface area contributed by atoms with Gasteiger partial charge in [-0.1, -0.05) is 0 Å². The number of aromatic nitrogens is 1. The van der Waals surface area contributed by atoms with Gasteiger partial charge in [-0.3, -0.25) is 0 Å². The van der Waals surface area contributed by atoms with Crippen LogP contribution in [0.15, 0.2) is 30.5 Å². The van der Waals surface area contributed by atoms with E-state index in [-0.39, 0.29) is 0 Å². The monoisotopic (exact) mass is 361 g/mol. The van der Waals surface area contributed by atoms with E-state index in [1.165, 1.54) is 11.1 Å². The summed E-state index contributed by atoms with van der Waals surface area (Å²) in [6.45, 7) is 1.68. The fraction of sp³-hybridized carbons (Fsp3) is 0.235. The summed E-state index contributed by atoms with van der Waals surface area (Å²) in [4.78, 5) is 19.8. The number of anilines is 2. The molecule has 1 aromatic carbocycles. The zero-order valence-electron chi connectivity index (χ0n) is 13.5. The molecule has 6 nitrogen and oxygen atoms in total. The highest BCUT2D eigenvalue weighted by Crippen LogP contribution is 2.20. The molecule has 9 heteroatoms. The summed E-state index contributed by atoms with van der Waals surface area (Å²) in [7, 11) is 0. The van der Waals surface area contributed by atoms with E-state index >= 15 is 0 Å². The van der Waals surface area contributed by atoms with Gasteiger partial charge in [0.15, 0.2) is 17.5 Å². The van der Waals surface area contributed by atoms with Gasteiger partial charge in [-0.2, -0.15) is 5.26 Å². The number of amides is 2. The van der Waals surface area contributed by atoms with E-state index in [9.17, 15) is 18.0 Å². The average Bonchev–Trinajstić information content (AvgIpc) is 2.68. The quantitative estimate of drug-likeness (QED) is 0.835. The van der Waals surface area contributed by atoms with Crippen LogP contribution in [0.1, 0.15) is 5.56 Å².